The van der Waals surface area contributed by atoms with Crippen LogP contribution in [-0.4, -0.2) is 38.3 Å². The lowest BCUT2D eigenvalue weighted by molar-refractivity contribution is -0.142. The normalized spacial score (nSPS) is 11.3. The zero-order valence-corrected chi connectivity index (χ0v) is 19.6. The summed E-state index contributed by atoms with van der Waals surface area (Å²) in [6, 6.07) is 5.05. The van der Waals surface area contributed by atoms with Crippen LogP contribution in [0.15, 0.2) is 49.1 Å². The van der Waals surface area contributed by atoms with Gasteiger partial charge in [-0.2, -0.15) is 13.2 Å². The van der Waals surface area contributed by atoms with E-state index in [0.29, 0.717) is 28.1 Å². The Bertz CT molecular complexity index is 1200. The van der Waals surface area contributed by atoms with Crippen molar-refractivity contribution in [1.29, 1.82) is 0 Å². The lowest BCUT2D eigenvalue weighted by atomic mass is 9.96. The van der Waals surface area contributed by atoms with Crippen LogP contribution in [0.5, 0.6) is 0 Å². The summed E-state index contributed by atoms with van der Waals surface area (Å²) in [5.41, 5.74) is 2.23. The molecule has 1 aromatic carbocycles. The number of aromatic nitrogens is 3. The SMILES string of the molecule is CCOC(=O)Cc1cncc(-c2ccc(C(F)(F)F)cc2CN(Cc2cnc(C)cn2)C(C)=O)c1. The molecule has 2 heterocycles. The van der Waals surface area contributed by atoms with E-state index in [-0.39, 0.29) is 37.6 Å². The summed E-state index contributed by atoms with van der Waals surface area (Å²) in [6.07, 6.45) is 1.52. The molecule has 35 heavy (non-hydrogen) atoms. The average molecular weight is 486 g/mol. The third kappa shape index (κ3) is 7.08. The molecule has 3 rings (SSSR count). The number of benzene rings is 1. The van der Waals surface area contributed by atoms with Gasteiger partial charge in [-0.15, -0.1) is 0 Å². The van der Waals surface area contributed by atoms with Crippen molar-refractivity contribution in [3.8, 4) is 11.1 Å². The molecular formula is C25H25F3N4O3. The molecule has 0 bridgehead atoms. The molecule has 0 atom stereocenters. The zero-order chi connectivity index (χ0) is 25.6. The van der Waals surface area contributed by atoms with Crippen LogP contribution in [0, 0.1) is 6.92 Å². The number of carbonyl (C=O) groups is 2. The third-order valence-electron chi connectivity index (χ3n) is 5.19. The van der Waals surface area contributed by atoms with Gasteiger partial charge >= 0.3 is 12.1 Å². The minimum atomic E-state index is -4.55. The Labute approximate surface area is 201 Å². The lowest BCUT2D eigenvalue weighted by Gasteiger charge is -2.23. The van der Waals surface area contributed by atoms with Gasteiger partial charge in [-0.05, 0) is 48.7 Å². The molecule has 10 heteroatoms. The Kier molecular flexibility index (Phi) is 8.16. The van der Waals surface area contributed by atoms with Crippen LogP contribution in [-0.2, 0) is 40.0 Å². The second kappa shape index (κ2) is 11.1. The van der Waals surface area contributed by atoms with Crippen molar-refractivity contribution in [1.82, 2.24) is 19.9 Å². The molecule has 2 aromatic heterocycles. The van der Waals surface area contributed by atoms with Gasteiger partial charge in [0.2, 0.25) is 5.91 Å². The molecule has 0 aliphatic heterocycles. The molecule has 0 unspecified atom stereocenters. The molecule has 0 saturated carbocycles. The molecule has 0 saturated heterocycles. The number of halogens is 3. The first-order valence-corrected chi connectivity index (χ1v) is 10.9. The molecular weight excluding hydrogens is 461 g/mol. The van der Waals surface area contributed by atoms with Gasteiger partial charge in [-0.1, -0.05) is 6.07 Å². The number of nitrogens with zero attached hydrogens (tertiary/aromatic N) is 4. The highest BCUT2D eigenvalue weighted by molar-refractivity contribution is 5.75. The van der Waals surface area contributed by atoms with E-state index in [9.17, 15) is 22.8 Å². The monoisotopic (exact) mass is 486 g/mol. The van der Waals surface area contributed by atoms with Crippen molar-refractivity contribution < 1.29 is 27.5 Å². The molecule has 0 N–H and O–H groups in total. The van der Waals surface area contributed by atoms with Crippen molar-refractivity contribution in [3.63, 3.8) is 0 Å². The first-order valence-electron chi connectivity index (χ1n) is 10.9. The van der Waals surface area contributed by atoms with E-state index in [1.54, 1.807) is 26.1 Å². The fourth-order valence-electron chi connectivity index (χ4n) is 3.47. The summed E-state index contributed by atoms with van der Waals surface area (Å²) < 4.78 is 45.5. The predicted molar refractivity (Wildman–Crippen MR) is 122 cm³/mol. The lowest BCUT2D eigenvalue weighted by Crippen LogP contribution is -2.28. The van der Waals surface area contributed by atoms with E-state index in [1.807, 2.05) is 0 Å². The molecule has 184 valence electrons. The van der Waals surface area contributed by atoms with Crippen LogP contribution < -0.4 is 0 Å². The van der Waals surface area contributed by atoms with Crippen molar-refractivity contribution in [2.75, 3.05) is 6.61 Å². The van der Waals surface area contributed by atoms with E-state index >= 15 is 0 Å². The maximum Gasteiger partial charge on any atom is 0.416 e. The van der Waals surface area contributed by atoms with E-state index in [0.717, 1.165) is 12.1 Å². The maximum atomic E-state index is 13.5. The number of alkyl halides is 3. The highest BCUT2D eigenvalue weighted by Gasteiger charge is 2.31. The van der Waals surface area contributed by atoms with E-state index in [2.05, 4.69) is 15.0 Å². The molecule has 0 radical (unpaired) electrons. The Morgan fingerprint density at radius 3 is 2.43 bits per heavy atom. The number of hydrogen-bond acceptors (Lipinski definition) is 6. The van der Waals surface area contributed by atoms with Crippen LogP contribution in [0.3, 0.4) is 0 Å². The van der Waals surface area contributed by atoms with Crippen LogP contribution in [0.25, 0.3) is 11.1 Å². The van der Waals surface area contributed by atoms with Crippen molar-refractivity contribution >= 4 is 11.9 Å². The van der Waals surface area contributed by atoms with Gasteiger partial charge in [-0.25, -0.2) is 0 Å². The first-order chi connectivity index (χ1) is 16.6. The van der Waals surface area contributed by atoms with Gasteiger partial charge in [0.1, 0.15) is 0 Å². The Morgan fingerprint density at radius 1 is 1.03 bits per heavy atom. The second-order valence-electron chi connectivity index (χ2n) is 7.96. The third-order valence-corrected chi connectivity index (χ3v) is 5.19. The van der Waals surface area contributed by atoms with E-state index < -0.39 is 17.7 Å². The number of rotatable bonds is 8. The summed E-state index contributed by atoms with van der Waals surface area (Å²) in [5, 5.41) is 0. The predicted octanol–water partition coefficient (Wildman–Crippen LogP) is 4.52. The van der Waals surface area contributed by atoms with Crippen LogP contribution in [0.2, 0.25) is 0 Å². The van der Waals surface area contributed by atoms with Crippen molar-refractivity contribution in [2.24, 2.45) is 0 Å². The zero-order valence-electron chi connectivity index (χ0n) is 19.6. The maximum absolute atomic E-state index is 13.5. The molecule has 7 nitrogen and oxygen atoms in total. The number of ether oxygens (including phenoxy) is 1. The smallest absolute Gasteiger partial charge is 0.416 e. The summed E-state index contributed by atoms with van der Waals surface area (Å²) in [5.74, 6) is -0.758. The molecule has 1 amide bonds. The molecule has 0 aliphatic rings. The number of pyridine rings is 1. The van der Waals surface area contributed by atoms with Crippen LogP contribution >= 0.6 is 0 Å². The number of carbonyl (C=O) groups excluding carboxylic acids is 2. The van der Waals surface area contributed by atoms with Crippen molar-refractivity contribution in [2.45, 2.75) is 46.5 Å². The van der Waals surface area contributed by atoms with Gasteiger partial charge < -0.3 is 9.64 Å². The minimum absolute atomic E-state index is 0.0175. The summed E-state index contributed by atoms with van der Waals surface area (Å²) >= 11 is 0. The van der Waals surface area contributed by atoms with Gasteiger partial charge in [0.25, 0.3) is 0 Å². The molecule has 0 aliphatic carbocycles. The largest absolute Gasteiger partial charge is 0.466 e. The number of esters is 1. The average Bonchev–Trinajstić information content (AvgIpc) is 2.79. The van der Waals surface area contributed by atoms with E-state index in [4.69, 9.17) is 4.74 Å². The topological polar surface area (TPSA) is 85.3 Å². The molecule has 0 spiro atoms. The van der Waals surface area contributed by atoms with Gasteiger partial charge in [-0.3, -0.25) is 24.5 Å². The molecule has 0 fully saturated rings. The minimum Gasteiger partial charge on any atom is -0.466 e. The Balaban J connectivity index is 1.99. The first kappa shape index (κ1) is 25.8. The van der Waals surface area contributed by atoms with Crippen molar-refractivity contribution in [3.05, 3.63) is 77.1 Å². The Hall–Kier alpha value is -3.82. The van der Waals surface area contributed by atoms with Gasteiger partial charge in [0, 0.05) is 37.6 Å². The second-order valence-corrected chi connectivity index (χ2v) is 7.96. The highest BCUT2D eigenvalue weighted by Crippen LogP contribution is 2.34. The summed E-state index contributed by atoms with van der Waals surface area (Å²) in [4.78, 5) is 38.2. The number of aryl methyl sites for hydroxylation is 1. The highest BCUT2D eigenvalue weighted by atomic mass is 19.4. The fourth-order valence-corrected chi connectivity index (χ4v) is 3.47. The summed E-state index contributed by atoms with van der Waals surface area (Å²) in [6.45, 7) is 5.05. The summed E-state index contributed by atoms with van der Waals surface area (Å²) in [7, 11) is 0. The van der Waals surface area contributed by atoms with Crippen LogP contribution in [0.4, 0.5) is 13.2 Å². The fraction of sp³-hybridized carbons (Fsp3) is 0.320. The van der Waals surface area contributed by atoms with Crippen LogP contribution in [0.1, 0.15) is 41.9 Å². The quantitative estimate of drug-likeness (QED) is 0.435. The van der Waals surface area contributed by atoms with Gasteiger partial charge in [0.15, 0.2) is 0 Å². The molecule has 3 aromatic rings. The number of amides is 1. The standard InChI is InChI=1S/C25H25F3N4O3/c1-4-35-24(34)8-18-7-19(12-29-11-18)23-6-5-21(25(26,27)28)9-20(23)14-32(17(3)33)15-22-13-30-16(2)10-31-22/h5-7,9-13H,4,8,14-15H2,1-3H3. The van der Waals surface area contributed by atoms with Gasteiger partial charge in [0.05, 0.1) is 42.7 Å². The number of hydrogen-bond donors (Lipinski definition) is 0. The Morgan fingerprint density at radius 2 is 1.80 bits per heavy atom. The van der Waals surface area contributed by atoms with E-state index in [1.165, 1.54) is 36.5 Å².